The molecule has 5 heavy (non-hydrogen) atoms. The van der Waals surface area contributed by atoms with E-state index in [1.807, 2.05) is 0 Å². The minimum atomic E-state index is -1.13. The van der Waals surface area contributed by atoms with Crippen molar-refractivity contribution in [1.82, 2.24) is 0 Å². The van der Waals surface area contributed by atoms with Crippen LogP contribution < -0.4 is 0 Å². The van der Waals surface area contributed by atoms with Gasteiger partial charge < -0.3 is 0 Å². The SMILES string of the molecule is CC[S-](F)#P. The molecule has 0 saturated heterocycles. The third kappa shape index (κ3) is 4.71. The van der Waals surface area contributed by atoms with Gasteiger partial charge in [0.25, 0.3) is 0 Å². The first kappa shape index (κ1) is 5.71. The van der Waals surface area contributed by atoms with Gasteiger partial charge in [-0.2, -0.15) is 0 Å². The van der Waals surface area contributed by atoms with Gasteiger partial charge >= 0.3 is 34.6 Å². The van der Waals surface area contributed by atoms with Crippen LogP contribution in [-0.2, 0) is 10.3 Å². The van der Waals surface area contributed by atoms with Gasteiger partial charge in [0.15, 0.2) is 0 Å². The molecule has 0 fully saturated rings. The van der Waals surface area contributed by atoms with E-state index >= 15 is 0 Å². The maximum absolute atomic E-state index is 11.3. The zero-order chi connectivity index (χ0) is 4.28. The number of hydrogen-bond donors (Lipinski definition) is 0. The van der Waals surface area contributed by atoms with Crippen LogP contribution in [0.1, 0.15) is 6.92 Å². The van der Waals surface area contributed by atoms with E-state index in [0.29, 0.717) is 5.75 Å². The van der Waals surface area contributed by atoms with Gasteiger partial charge in [-0.25, -0.2) is 0 Å². The van der Waals surface area contributed by atoms with Crippen molar-refractivity contribution in [2.24, 2.45) is 0 Å². The van der Waals surface area contributed by atoms with Crippen molar-refractivity contribution < 1.29 is 3.89 Å². The summed E-state index contributed by atoms with van der Waals surface area (Å²) in [5.41, 5.74) is 0. The second-order valence-electron chi connectivity index (χ2n) is 0.596. The van der Waals surface area contributed by atoms with E-state index in [9.17, 15) is 3.89 Å². The predicted molar refractivity (Wildman–Crippen MR) is 25.9 cm³/mol. The summed E-state index contributed by atoms with van der Waals surface area (Å²) < 4.78 is 11.3. The van der Waals surface area contributed by atoms with Crippen LogP contribution in [0, 0.1) is 0 Å². The third-order valence-electron chi connectivity index (χ3n) is 0.238. The molecule has 0 saturated carbocycles. The van der Waals surface area contributed by atoms with E-state index < -0.39 is 10.3 Å². The number of rotatable bonds is 0. The second-order valence-corrected chi connectivity index (χ2v) is 2.98. The molecule has 0 amide bonds. The van der Waals surface area contributed by atoms with Crippen LogP contribution >= 0.6 is 7.81 Å². The van der Waals surface area contributed by atoms with Crippen molar-refractivity contribution in [2.75, 3.05) is 5.75 Å². The topological polar surface area (TPSA) is 0 Å². The van der Waals surface area contributed by atoms with Gasteiger partial charge in [0, 0.05) is 0 Å². The first-order chi connectivity index (χ1) is 2.27. The minimum absolute atomic E-state index is 0.531. The normalized spacial score (nSPS) is 9.20. The zero-order valence-corrected chi connectivity index (χ0v) is 4.65. The summed E-state index contributed by atoms with van der Waals surface area (Å²) in [5.74, 6) is 0.531. The molecule has 0 spiro atoms. The molecule has 32 valence electrons. The van der Waals surface area contributed by atoms with Crippen LogP contribution in [-0.4, -0.2) is 5.75 Å². The van der Waals surface area contributed by atoms with E-state index in [2.05, 4.69) is 7.81 Å². The molecule has 0 aliphatic rings. The van der Waals surface area contributed by atoms with Gasteiger partial charge in [-0.1, -0.05) is 0 Å². The molecule has 0 nitrogen and oxygen atoms in total. The van der Waals surface area contributed by atoms with Gasteiger partial charge in [0.2, 0.25) is 0 Å². The van der Waals surface area contributed by atoms with Crippen LogP contribution in [0.5, 0.6) is 0 Å². The molecule has 0 aromatic carbocycles. The van der Waals surface area contributed by atoms with Gasteiger partial charge in [0.1, 0.15) is 0 Å². The standard InChI is InChI=1S/C2H5FPS/c1-2-5(3)4/h2H2,1H3/q-1. The Morgan fingerprint density at radius 3 is 2.20 bits per heavy atom. The van der Waals surface area contributed by atoms with Crippen LogP contribution in [0.25, 0.3) is 0 Å². The summed E-state index contributed by atoms with van der Waals surface area (Å²) in [6.07, 6.45) is 0. The van der Waals surface area contributed by atoms with Gasteiger partial charge in [-0.05, 0) is 0 Å². The Bertz CT molecular complexity index is 71.5. The van der Waals surface area contributed by atoms with E-state index in [1.54, 1.807) is 6.92 Å². The zero-order valence-electron chi connectivity index (χ0n) is 2.94. The molecule has 0 heterocycles. The van der Waals surface area contributed by atoms with Crippen LogP contribution in [0.3, 0.4) is 0 Å². The molecule has 0 radical (unpaired) electrons. The van der Waals surface area contributed by atoms with Crippen LogP contribution in [0.15, 0.2) is 0 Å². The molecular formula is C2H5FPS-. The second kappa shape index (κ2) is 2.92. The van der Waals surface area contributed by atoms with Crippen molar-refractivity contribution in [3.8, 4) is 0 Å². The predicted octanol–water partition coefficient (Wildman–Crippen LogP) is 1.83. The van der Waals surface area contributed by atoms with Crippen molar-refractivity contribution in [2.45, 2.75) is 6.92 Å². The molecule has 0 N–H and O–H groups in total. The van der Waals surface area contributed by atoms with Crippen molar-refractivity contribution in [3.63, 3.8) is 0 Å². The fourth-order valence-electron chi connectivity index (χ4n) is 0. The fraction of sp³-hybridized carbons (Fsp3) is 1.00. The molecule has 0 aliphatic heterocycles. The molecule has 0 aromatic heterocycles. The fourth-order valence-corrected chi connectivity index (χ4v) is 0. The van der Waals surface area contributed by atoms with Crippen LogP contribution in [0.2, 0.25) is 0 Å². The summed E-state index contributed by atoms with van der Waals surface area (Å²) >= 11 is 0. The van der Waals surface area contributed by atoms with E-state index in [4.69, 9.17) is 0 Å². The summed E-state index contributed by atoms with van der Waals surface area (Å²) in [4.78, 5) is 0. The molecule has 0 atom stereocenters. The van der Waals surface area contributed by atoms with Crippen LogP contribution in [0.4, 0.5) is 3.89 Å². The van der Waals surface area contributed by atoms with E-state index in [1.165, 1.54) is 0 Å². The molecular weight excluding hydrogens is 106 g/mol. The Hall–Kier alpha value is 0.710. The quantitative estimate of drug-likeness (QED) is 0.330. The molecule has 0 aliphatic carbocycles. The molecule has 3 heteroatoms. The molecule has 0 aromatic rings. The Morgan fingerprint density at radius 1 is 2.00 bits per heavy atom. The van der Waals surface area contributed by atoms with E-state index in [0.717, 1.165) is 0 Å². The Balaban J connectivity index is 2.97. The maximum atomic E-state index is 11.3. The Morgan fingerprint density at radius 2 is 2.20 bits per heavy atom. The number of halogens is 1. The van der Waals surface area contributed by atoms with Crippen molar-refractivity contribution in [1.29, 1.82) is 0 Å². The van der Waals surface area contributed by atoms with Crippen molar-refractivity contribution in [3.05, 3.63) is 0 Å². The monoisotopic (exact) mass is 111 g/mol. The van der Waals surface area contributed by atoms with Gasteiger partial charge in [-0.3, -0.25) is 0 Å². The average Bonchev–Trinajstić information content (AvgIpc) is 1.38. The summed E-state index contributed by atoms with van der Waals surface area (Å²) in [6, 6.07) is 0. The molecule has 0 bridgehead atoms. The average molecular weight is 111 g/mol. The Kier molecular flexibility index (Phi) is 3.34. The first-order valence-electron chi connectivity index (χ1n) is 1.33. The van der Waals surface area contributed by atoms with Crippen molar-refractivity contribution >= 4 is 18.1 Å². The molecule has 0 unspecified atom stereocenters. The third-order valence-corrected chi connectivity index (χ3v) is 1.49. The van der Waals surface area contributed by atoms with Gasteiger partial charge in [-0.15, -0.1) is 0 Å². The van der Waals surface area contributed by atoms with Gasteiger partial charge in [0.05, 0.1) is 0 Å². The molecule has 0 rings (SSSR count). The summed E-state index contributed by atoms with van der Waals surface area (Å²) in [6.45, 7) is 1.76. The summed E-state index contributed by atoms with van der Waals surface area (Å²) in [7, 11) is 2.33. The summed E-state index contributed by atoms with van der Waals surface area (Å²) in [5, 5.41) is 0. The number of hydrogen-bond acceptors (Lipinski definition) is 1. The Labute approximate surface area is 35.5 Å². The first-order valence-corrected chi connectivity index (χ1v) is 3.68. The van der Waals surface area contributed by atoms with E-state index in [-0.39, 0.29) is 0 Å².